The lowest BCUT2D eigenvalue weighted by molar-refractivity contribution is -0.0498. The molecule has 0 radical (unpaired) electrons. The van der Waals surface area contributed by atoms with Gasteiger partial charge in [-0.15, -0.1) is 0 Å². The Morgan fingerprint density at radius 1 is 0.392 bits per heavy atom. The van der Waals surface area contributed by atoms with Crippen molar-refractivity contribution in [1.82, 2.24) is 44.9 Å². The van der Waals surface area contributed by atoms with Crippen molar-refractivity contribution in [2.24, 2.45) is 15.0 Å². The van der Waals surface area contributed by atoms with Gasteiger partial charge in [0, 0.05) is 127 Å². The molecular formula is C88H92F6N12O14S5. The van der Waals surface area contributed by atoms with Gasteiger partial charge in [-0.1, -0.05) is 42.5 Å². The van der Waals surface area contributed by atoms with E-state index in [0.29, 0.717) is 113 Å². The molecule has 0 saturated heterocycles. The lowest BCUT2D eigenvalue weighted by Crippen LogP contribution is -2.22. The van der Waals surface area contributed by atoms with Crippen molar-refractivity contribution in [3.8, 4) is 51.7 Å². The van der Waals surface area contributed by atoms with Gasteiger partial charge in [0.25, 0.3) is 11.8 Å². The third-order valence-corrected chi connectivity index (χ3v) is 25.8. The molecule has 0 saturated carbocycles. The minimum atomic E-state index is -2.93. The first kappa shape index (κ1) is 94.0. The van der Waals surface area contributed by atoms with Gasteiger partial charge in [-0.05, 0) is 114 Å². The molecule has 26 nitrogen and oxygen atoms in total. The van der Waals surface area contributed by atoms with E-state index in [1.165, 1.54) is 38.6 Å². The number of halogens is 6. The fraction of sp³-hybridized carbons (Fsp3) is 0.318. The van der Waals surface area contributed by atoms with Crippen LogP contribution in [0.4, 0.5) is 43.4 Å². The predicted molar refractivity (Wildman–Crippen MR) is 472 cm³/mol. The monoisotopic (exact) mass is 1810 g/mol. The van der Waals surface area contributed by atoms with Crippen LogP contribution >= 0.6 is 0 Å². The summed E-state index contributed by atoms with van der Waals surface area (Å²) in [5, 5.41) is 2.52. The van der Waals surface area contributed by atoms with Crippen LogP contribution in [0.3, 0.4) is 0 Å². The second-order valence-corrected chi connectivity index (χ2v) is 35.9. The Kier molecular flexibility index (Phi) is 31.8. The zero-order valence-electron chi connectivity index (χ0n) is 71.0. The molecule has 7 aromatic heterocycles. The van der Waals surface area contributed by atoms with Crippen LogP contribution in [0, 0.1) is 48.5 Å². The van der Waals surface area contributed by atoms with E-state index in [1.54, 1.807) is 86.1 Å². The number of aromatic amines is 2. The number of ether oxygens (including phenoxy) is 9. The molecule has 4 unspecified atom stereocenters. The topological polar surface area (TPSA) is 327 Å². The van der Waals surface area contributed by atoms with Crippen molar-refractivity contribution >= 4 is 108 Å². The van der Waals surface area contributed by atoms with Crippen molar-refractivity contribution in [3.05, 3.63) is 230 Å². The molecule has 0 spiro atoms. The molecule has 2 N–H and O–H groups in total. The number of hydrogen-bond acceptors (Lipinski definition) is 24. The van der Waals surface area contributed by atoms with Gasteiger partial charge in [-0.3, -0.25) is 46.0 Å². The normalized spacial score (nSPS) is 13.7. The first-order valence-corrected chi connectivity index (χ1v) is 45.2. The number of nitrogens with zero attached hydrogens (tertiary/aromatic N) is 10. The molecule has 0 aliphatic carbocycles. The van der Waals surface area contributed by atoms with Gasteiger partial charge >= 0.3 is 6.61 Å². The van der Waals surface area contributed by atoms with Gasteiger partial charge in [0.15, 0.2) is 35.0 Å². The maximum absolute atomic E-state index is 13.1. The summed E-state index contributed by atoms with van der Waals surface area (Å²) in [5.74, 6) is -0.124. The first-order valence-electron chi connectivity index (χ1n) is 38.6. The number of pyridine rings is 5. The van der Waals surface area contributed by atoms with Crippen LogP contribution < -0.4 is 42.6 Å². The summed E-state index contributed by atoms with van der Waals surface area (Å²) in [6.07, 6.45) is 9.61. The van der Waals surface area contributed by atoms with Gasteiger partial charge in [-0.2, -0.15) is 8.78 Å². The number of fused-ring (bicyclic) bond motifs is 5. The molecule has 37 heteroatoms. The van der Waals surface area contributed by atoms with Crippen LogP contribution in [-0.4, -0.2) is 155 Å². The lowest BCUT2D eigenvalue weighted by atomic mass is 10.1. The Bertz CT molecular complexity index is 6130. The molecule has 10 heterocycles. The predicted octanol–water partition coefficient (Wildman–Crippen LogP) is 17.3. The molecule has 0 fully saturated rings. The second kappa shape index (κ2) is 42.3. The Labute approximate surface area is 730 Å². The number of hydrogen-bond donors (Lipinski definition) is 2. The highest BCUT2D eigenvalue weighted by Crippen LogP contribution is 2.38. The van der Waals surface area contributed by atoms with Gasteiger partial charge < -0.3 is 52.6 Å². The Morgan fingerprint density at radius 2 is 0.800 bits per heavy atom. The largest absolute Gasteiger partial charge is 0.497 e. The van der Waals surface area contributed by atoms with E-state index in [1.807, 2.05) is 113 Å². The van der Waals surface area contributed by atoms with Crippen LogP contribution in [0.25, 0.3) is 22.1 Å². The fourth-order valence-electron chi connectivity index (χ4n) is 13.1. The molecule has 0 bridgehead atoms. The van der Waals surface area contributed by atoms with E-state index in [2.05, 4.69) is 64.6 Å². The molecule has 3 aliphatic rings. The number of rotatable bonds is 26. The number of para-hydroxylation sites is 3. The summed E-state index contributed by atoms with van der Waals surface area (Å²) in [6, 6.07) is 34.0. The third kappa shape index (κ3) is 24.5. The van der Waals surface area contributed by atoms with Crippen molar-refractivity contribution in [2.75, 3.05) is 55.9 Å². The Hall–Kier alpha value is -11.7. The summed E-state index contributed by atoms with van der Waals surface area (Å²) in [5.41, 5.74) is 17.0. The molecule has 15 rings (SSSR count). The maximum Gasteiger partial charge on any atom is 0.387 e. The molecule has 0 amide bonds. The first-order chi connectivity index (χ1) is 59.6. The van der Waals surface area contributed by atoms with Crippen LogP contribution in [0.1, 0.15) is 98.0 Å². The van der Waals surface area contributed by atoms with Crippen molar-refractivity contribution in [3.63, 3.8) is 0 Å². The molecule has 3 aliphatic heterocycles. The number of imidazole rings is 2. The number of aryl methyl sites for hydroxylation is 3. The van der Waals surface area contributed by atoms with Crippen molar-refractivity contribution < 1.29 is 90.0 Å². The van der Waals surface area contributed by atoms with Crippen LogP contribution in [0.2, 0.25) is 0 Å². The minimum Gasteiger partial charge on any atom is -0.497 e. The SMILES string of the molecule is COc1ccc2c(c1)N=C(S(=O)Cc1ncc(C)c(OC)c1C)C2.COc1ccc2nc([S@@](=O)Cc3ncc(C)c(OC)c3C)[nH]c2c1.COc1ccnc(CS(=O)C2=Nc3cc(OC(F)F)ccc3C2)c1OC.Cc1c(OCC(C)(F)F)ccnc1CS(=O)C1=Nc2ccccc2C1.Cc1cnc(CS(=O)c2nc3ccccc3[nH]2)c(C)c1OCC(C)(F)F. The average molecular weight is 1820 g/mol. The number of nitrogens with one attached hydrogen (secondary N) is 2. The van der Waals surface area contributed by atoms with E-state index in [0.717, 1.165) is 121 Å². The minimum absolute atomic E-state index is 0.0191. The standard InChI is InChI=1S/C18H19F2N3O2S.C18H18F2N2O2S.C18H20N2O3S.C17H16F2N2O4S.C17H19N3O3S/c1-11-8-21-15(12(2)16(11)25-10-18(3,19)20)9-26(24)17-22-13-6-4-5-7-14(13)23-17;1-12-15(21-8-7-16(12)24-11-18(2,19)20)10-25(23)17-9-13-5-3-4-6-14(13)22-17;1-11-9-19-16(12(2)18(11)23-4)10-24(21)17-7-13-5-6-14(22-3)8-15(13)20-17;1-23-14-5-6-20-13(16(14)24-2)9-26(22)15-7-10-3-4-11(25-17(18)19)8-12(10)21-15;1-10-8-18-15(11(2)16(10)23-4)9-24(21)17-19-13-6-5-12(22-3)7-14(13)20-17/h4-8H,9-10H2,1-3H3,(H,22,23);3-8H,9-11H2,1-2H3;5-6,8-9H,7,10H2,1-4H3;3-6,8,17H,7,9H2,1-2H3;5-8H,9H2,1-4H3,(H,19,20)/t;;;;24-/m....0/s1. The third-order valence-electron chi connectivity index (χ3n) is 19.5. The second-order valence-electron chi connectivity index (χ2n) is 28.8. The van der Waals surface area contributed by atoms with E-state index < -0.39 is 85.7 Å². The molecule has 125 heavy (non-hydrogen) atoms. The van der Waals surface area contributed by atoms with Crippen molar-refractivity contribution in [2.45, 2.75) is 139 Å². The van der Waals surface area contributed by atoms with Crippen LogP contribution in [-0.2, 0) is 102 Å². The van der Waals surface area contributed by atoms with E-state index in [9.17, 15) is 47.4 Å². The average Bonchev–Trinajstić information content (AvgIpc) is 1.45. The molecule has 12 aromatic rings. The van der Waals surface area contributed by atoms with Gasteiger partial charge in [0.2, 0.25) is 0 Å². The Balaban J connectivity index is 0.000000152. The molecule has 660 valence electrons. The van der Waals surface area contributed by atoms with Crippen LogP contribution in [0.15, 0.2) is 172 Å². The number of H-pyrrole nitrogens is 2. The lowest BCUT2D eigenvalue weighted by Gasteiger charge is -2.17. The highest BCUT2D eigenvalue weighted by Gasteiger charge is 2.30. The fourth-order valence-corrected chi connectivity index (χ4v) is 18.9. The number of alkyl halides is 6. The number of aromatic nitrogens is 9. The maximum atomic E-state index is 13.1. The summed E-state index contributed by atoms with van der Waals surface area (Å²) >= 11 is 0. The highest BCUT2D eigenvalue weighted by molar-refractivity contribution is 8.00. The van der Waals surface area contributed by atoms with Crippen molar-refractivity contribution in [1.29, 1.82) is 0 Å². The van der Waals surface area contributed by atoms with Gasteiger partial charge in [0.05, 0.1) is 193 Å². The Morgan fingerprint density at radius 3 is 1.30 bits per heavy atom. The smallest absolute Gasteiger partial charge is 0.387 e. The zero-order valence-corrected chi connectivity index (χ0v) is 75.1. The van der Waals surface area contributed by atoms with Crippen LogP contribution in [0.5, 0.6) is 51.7 Å². The number of aliphatic imine (C=N–C) groups is 3. The number of benzene rings is 5. The summed E-state index contributed by atoms with van der Waals surface area (Å²) in [6.45, 7) is 10.2. The number of methoxy groups -OCH3 is 6. The van der Waals surface area contributed by atoms with E-state index in [4.69, 9.17) is 37.9 Å². The molecular weight excluding hydrogens is 1720 g/mol. The van der Waals surface area contributed by atoms with Gasteiger partial charge in [-0.25, -0.2) is 42.5 Å². The summed E-state index contributed by atoms with van der Waals surface area (Å²) < 4.78 is 187. The van der Waals surface area contributed by atoms with Gasteiger partial charge in [0.1, 0.15) is 55.4 Å². The van der Waals surface area contributed by atoms with E-state index in [-0.39, 0.29) is 28.8 Å². The molecule has 5 aromatic carbocycles. The molecule has 5 atom stereocenters. The van der Waals surface area contributed by atoms with E-state index >= 15 is 0 Å². The zero-order chi connectivity index (χ0) is 90.1. The summed E-state index contributed by atoms with van der Waals surface area (Å²) in [4.78, 5) is 49.7. The quantitative estimate of drug-likeness (QED) is 0.0476. The summed E-state index contributed by atoms with van der Waals surface area (Å²) in [7, 11) is 2.72. The highest BCUT2D eigenvalue weighted by atomic mass is 32.2.